The molecule has 2 N–H and O–H groups in total. The molecule has 0 atom stereocenters. The van der Waals surface area contributed by atoms with Crippen molar-refractivity contribution in [1.82, 2.24) is 0 Å². The molecule has 0 aliphatic carbocycles. The van der Waals surface area contributed by atoms with Gasteiger partial charge in [0.15, 0.2) is 11.5 Å². The van der Waals surface area contributed by atoms with Gasteiger partial charge in [0.25, 0.3) is 0 Å². The number of carbonyl (C=O) groups is 1. The lowest BCUT2D eigenvalue weighted by Crippen LogP contribution is -2.06. The van der Waals surface area contributed by atoms with E-state index >= 15 is 0 Å². The van der Waals surface area contributed by atoms with E-state index in [2.05, 4.69) is 10.6 Å². The number of hydrogen-bond acceptors (Lipinski definition) is 4. The zero-order chi connectivity index (χ0) is 21.3. The van der Waals surface area contributed by atoms with Crippen LogP contribution in [0.4, 0.5) is 11.4 Å². The first-order chi connectivity index (χ1) is 14.5. The van der Waals surface area contributed by atoms with Crippen LogP contribution in [0.25, 0.3) is 0 Å². The lowest BCUT2D eigenvalue weighted by Gasteiger charge is -2.14. The van der Waals surface area contributed by atoms with Crippen molar-refractivity contribution in [1.29, 1.82) is 0 Å². The van der Waals surface area contributed by atoms with Gasteiger partial charge < -0.3 is 20.1 Å². The van der Waals surface area contributed by atoms with E-state index in [0.29, 0.717) is 36.3 Å². The van der Waals surface area contributed by atoms with Crippen LogP contribution in [-0.2, 0) is 17.9 Å². The molecule has 30 heavy (non-hydrogen) atoms. The van der Waals surface area contributed by atoms with Gasteiger partial charge in [-0.2, -0.15) is 0 Å². The number of ether oxygens (including phenoxy) is 2. The third-order valence-corrected chi connectivity index (χ3v) is 4.53. The number of carbonyl (C=O) groups excluding carboxylic acids is 1. The van der Waals surface area contributed by atoms with Gasteiger partial charge in [0.05, 0.1) is 6.61 Å². The molecule has 0 aliphatic rings. The van der Waals surface area contributed by atoms with Gasteiger partial charge in [0.1, 0.15) is 6.61 Å². The Kier molecular flexibility index (Phi) is 7.57. The minimum atomic E-state index is -0.0863. The zero-order valence-corrected chi connectivity index (χ0v) is 17.8. The van der Waals surface area contributed by atoms with Crippen molar-refractivity contribution in [3.63, 3.8) is 0 Å². The van der Waals surface area contributed by atoms with Crippen LogP contribution >= 0.6 is 11.6 Å². The third-order valence-electron chi connectivity index (χ3n) is 4.29. The van der Waals surface area contributed by atoms with Crippen molar-refractivity contribution in [3.05, 3.63) is 82.9 Å². The van der Waals surface area contributed by atoms with Crippen molar-refractivity contribution >= 4 is 28.9 Å². The van der Waals surface area contributed by atoms with Crippen LogP contribution in [0.1, 0.15) is 25.0 Å². The molecular weight excluding hydrogens is 400 g/mol. The maximum atomic E-state index is 11.1. The molecule has 0 aliphatic heterocycles. The average molecular weight is 425 g/mol. The van der Waals surface area contributed by atoms with E-state index in [1.807, 2.05) is 73.7 Å². The summed E-state index contributed by atoms with van der Waals surface area (Å²) in [5.74, 6) is 1.32. The highest BCUT2D eigenvalue weighted by atomic mass is 35.5. The van der Waals surface area contributed by atoms with E-state index in [0.717, 1.165) is 22.5 Å². The average Bonchev–Trinajstić information content (AvgIpc) is 2.72. The van der Waals surface area contributed by atoms with Gasteiger partial charge in [-0.3, -0.25) is 4.79 Å². The molecule has 0 saturated heterocycles. The SMILES string of the molecule is CCOc1cc(CNc2ccc(NC(C)=O)cc2)ccc1OCc1cccc(Cl)c1. The third kappa shape index (κ3) is 6.42. The van der Waals surface area contributed by atoms with Crippen LogP contribution in [0.2, 0.25) is 5.02 Å². The molecule has 156 valence electrons. The molecule has 3 rings (SSSR count). The van der Waals surface area contributed by atoms with Crippen LogP contribution in [0.5, 0.6) is 11.5 Å². The molecule has 0 spiro atoms. The summed E-state index contributed by atoms with van der Waals surface area (Å²) in [6.07, 6.45) is 0. The summed E-state index contributed by atoms with van der Waals surface area (Å²) in [5.41, 5.74) is 3.80. The van der Waals surface area contributed by atoms with E-state index in [1.54, 1.807) is 0 Å². The Morgan fingerprint density at radius 2 is 1.67 bits per heavy atom. The van der Waals surface area contributed by atoms with E-state index in [1.165, 1.54) is 6.92 Å². The molecule has 0 heterocycles. The van der Waals surface area contributed by atoms with E-state index < -0.39 is 0 Å². The maximum Gasteiger partial charge on any atom is 0.221 e. The van der Waals surface area contributed by atoms with Gasteiger partial charge in [-0.05, 0) is 66.6 Å². The van der Waals surface area contributed by atoms with Crippen molar-refractivity contribution in [2.24, 2.45) is 0 Å². The fourth-order valence-corrected chi connectivity index (χ4v) is 3.13. The summed E-state index contributed by atoms with van der Waals surface area (Å²) in [6, 6.07) is 21.1. The van der Waals surface area contributed by atoms with E-state index in [9.17, 15) is 4.79 Å². The van der Waals surface area contributed by atoms with Crippen molar-refractivity contribution in [2.75, 3.05) is 17.2 Å². The topological polar surface area (TPSA) is 59.6 Å². The monoisotopic (exact) mass is 424 g/mol. The summed E-state index contributed by atoms with van der Waals surface area (Å²) in [6.45, 7) is 5.04. The number of anilines is 2. The van der Waals surface area contributed by atoms with Crippen molar-refractivity contribution in [3.8, 4) is 11.5 Å². The summed E-state index contributed by atoms with van der Waals surface area (Å²) in [4.78, 5) is 11.1. The Bertz CT molecular complexity index is 990. The smallest absolute Gasteiger partial charge is 0.221 e. The molecule has 5 nitrogen and oxygen atoms in total. The van der Waals surface area contributed by atoms with Gasteiger partial charge in [-0.15, -0.1) is 0 Å². The van der Waals surface area contributed by atoms with Crippen LogP contribution in [0.3, 0.4) is 0 Å². The lowest BCUT2D eigenvalue weighted by atomic mass is 10.2. The van der Waals surface area contributed by atoms with Gasteiger partial charge in [-0.25, -0.2) is 0 Å². The highest BCUT2D eigenvalue weighted by Crippen LogP contribution is 2.30. The highest BCUT2D eigenvalue weighted by Gasteiger charge is 2.08. The van der Waals surface area contributed by atoms with Gasteiger partial charge >= 0.3 is 0 Å². The number of benzene rings is 3. The molecular formula is C24H25ClN2O3. The molecule has 3 aromatic rings. The number of hydrogen-bond donors (Lipinski definition) is 2. The second kappa shape index (κ2) is 10.6. The van der Waals surface area contributed by atoms with Crippen LogP contribution < -0.4 is 20.1 Å². The molecule has 0 fully saturated rings. The predicted molar refractivity (Wildman–Crippen MR) is 121 cm³/mol. The Labute approximate surface area is 182 Å². The number of nitrogens with one attached hydrogen (secondary N) is 2. The largest absolute Gasteiger partial charge is 0.490 e. The first-order valence-electron chi connectivity index (χ1n) is 9.78. The fourth-order valence-electron chi connectivity index (χ4n) is 2.92. The minimum absolute atomic E-state index is 0.0863. The van der Waals surface area contributed by atoms with Crippen LogP contribution in [0, 0.1) is 0 Å². The zero-order valence-electron chi connectivity index (χ0n) is 17.1. The number of amides is 1. The summed E-state index contributed by atoms with van der Waals surface area (Å²) < 4.78 is 11.7. The minimum Gasteiger partial charge on any atom is -0.490 e. The molecule has 0 bridgehead atoms. The quantitative estimate of drug-likeness (QED) is 0.449. The fraction of sp³-hybridized carbons (Fsp3) is 0.208. The first kappa shape index (κ1) is 21.5. The van der Waals surface area contributed by atoms with Crippen molar-refractivity contribution in [2.45, 2.75) is 27.0 Å². The molecule has 3 aromatic carbocycles. The van der Waals surface area contributed by atoms with Gasteiger partial charge in [0.2, 0.25) is 5.91 Å². The summed E-state index contributed by atoms with van der Waals surface area (Å²) in [5, 5.41) is 6.81. The number of rotatable bonds is 9. The Morgan fingerprint density at radius 3 is 2.37 bits per heavy atom. The summed E-state index contributed by atoms with van der Waals surface area (Å²) in [7, 11) is 0. The normalized spacial score (nSPS) is 10.4. The summed E-state index contributed by atoms with van der Waals surface area (Å²) >= 11 is 6.04. The predicted octanol–water partition coefficient (Wildman–Crippen LogP) is 5.89. The first-order valence-corrected chi connectivity index (χ1v) is 10.2. The van der Waals surface area contributed by atoms with Gasteiger partial charge in [0, 0.05) is 29.9 Å². The maximum absolute atomic E-state index is 11.1. The second-order valence-corrected chi connectivity index (χ2v) is 7.18. The van der Waals surface area contributed by atoms with Crippen LogP contribution in [0.15, 0.2) is 66.7 Å². The van der Waals surface area contributed by atoms with Crippen LogP contribution in [-0.4, -0.2) is 12.5 Å². The van der Waals surface area contributed by atoms with E-state index in [-0.39, 0.29) is 5.91 Å². The Morgan fingerprint density at radius 1 is 0.900 bits per heavy atom. The lowest BCUT2D eigenvalue weighted by molar-refractivity contribution is -0.114. The molecule has 1 amide bonds. The molecule has 0 unspecified atom stereocenters. The molecule has 0 radical (unpaired) electrons. The van der Waals surface area contributed by atoms with Gasteiger partial charge in [-0.1, -0.05) is 29.8 Å². The Hall–Kier alpha value is -3.18. The number of halogens is 1. The van der Waals surface area contributed by atoms with E-state index in [4.69, 9.17) is 21.1 Å². The Balaban J connectivity index is 1.63. The second-order valence-electron chi connectivity index (χ2n) is 6.74. The standard InChI is InChI=1S/C24H25ClN2O3/c1-3-29-24-14-18(15-26-21-8-10-22(11-9-21)27-17(2)28)7-12-23(24)30-16-19-5-4-6-20(25)13-19/h4-14,26H,3,15-16H2,1-2H3,(H,27,28). The molecule has 0 aromatic heterocycles. The molecule has 6 heteroatoms. The molecule has 0 saturated carbocycles. The highest BCUT2D eigenvalue weighted by molar-refractivity contribution is 6.30. The van der Waals surface area contributed by atoms with Crippen molar-refractivity contribution < 1.29 is 14.3 Å².